The van der Waals surface area contributed by atoms with Gasteiger partial charge >= 0.3 is 6.09 Å². The van der Waals surface area contributed by atoms with E-state index in [9.17, 15) is 4.79 Å². The van der Waals surface area contributed by atoms with Gasteiger partial charge in [0.25, 0.3) is 0 Å². The summed E-state index contributed by atoms with van der Waals surface area (Å²) in [4.78, 5) is 14.0. The fourth-order valence-corrected chi connectivity index (χ4v) is 2.93. The van der Waals surface area contributed by atoms with Gasteiger partial charge in [0, 0.05) is 13.1 Å². The second kappa shape index (κ2) is 6.60. The quantitative estimate of drug-likeness (QED) is 0.857. The topological polar surface area (TPSA) is 41.6 Å². The van der Waals surface area contributed by atoms with E-state index in [1.165, 1.54) is 12.8 Å². The van der Waals surface area contributed by atoms with Gasteiger partial charge in [0.15, 0.2) is 0 Å². The highest BCUT2D eigenvalue weighted by atomic mass is 16.6. The molecule has 1 rings (SSSR count). The van der Waals surface area contributed by atoms with Gasteiger partial charge in [0.05, 0.1) is 0 Å². The van der Waals surface area contributed by atoms with Crippen molar-refractivity contribution in [2.75, 3.05) is 20.1 Å². The number of nitrogens with zero attached hydrogens (tertiary/aromatic N) is 1. The highest BCUT2D eigenvalue weighted by Crippen LogP contribution is 2.25. The fraction of sp³-hybridized carbons (Fsp3) is 0.933. The molecule has 4 nitrogen and oxygen atoms in total. The third-order valence-corrected chi connectivity index (χ3v) is 3.63. The molecule has 0 radical (unpaired) electrons. The molecular formula is C15H30N2O2. The van der Waals surface area contributed by atoms with Crippen LogP contribution in [0.25, 0.3) is 0 Å². The number of nitrogens with one attached hydrogen (secondary N) is 1. The highest BCUT2D eigenvalue weighted by molar-refractivity contribution is 5.68. The summed E-state index contributed by atoms with van der Waals surface area (Å²) in [6, 6.07) is 0.239. The standard InChI is InChI=1S/C15H30N2O2/c1-11(2)13(12-8-7-9-16-10-12)17(6)14(18)19-15(3,4)5/h11-13,16H,7-10H2,1-6H3/t12-,13-/m1/s1. The van der Waals surface area contributed by atoms with Gasteiger partial charge in [-0.1, -0.05) is 13.8 Å². The Morgan fingerprint density at radius 3 is 2.42 bits per heavy atom. The first-order chi connectivity index (χ1) is 8.72. The third-order valence-electron chi connectivity index (χ3n) is 3.63. The van der Waals surface area contributed by atoms with Gasteiger partial charge in [0.2, 0.25) is 0 Å². The normalized spacial score (nSPS) is 22.2. The Balaban J connectivity index is 2.72. The molecule has 1 aliphatic heterocycles. The molecule has 1 aliphatic rings. The molecule has 112 valence electrons. The Hall–Kier alpha value is -0.770. The molecule has 1 saturated heterocycles. The van der Waals surface area contributed by atoms with E-state index in [0.29, 0.717) is 11.8 Å². The number of rotatable bonds is 3. The van der Waals surface area contributed by atoms with Crippen LogP contribution in [0.15, 0.2) is 0 Å². The lowest BCUT2D eigenvalue weighted by Gasteiger charge is -2.39. The smallest absolute Gasteiger partial charge is 0.410 e. The molecule has 1 fully saturated rings. The van der Waals surface area contributed by atoms with Gasteiger partial charge in [-0.2, -0.15) is 0 Å². The Bertz CT molecular complexity index is 291. The molecule has 0 bridgehead atoms. The molecule has 0 aromatic rings. The third kappa shape index (κ3) is 5.01. The molecule has 4 heteroatoms. The van der Waals surface area contributed by atoms with Crippen molar-refractivity contribution in [1.29, 1.82) is 0 Å². The van der Waals surface area contributed by atoms with E-state index in [1.807, 2.05) is 27.8 Å². The highest BCUT2D eigenvalue weighted by Gasteiger charge is 2.33. The van der Waals surface area contributed by atoms with Crippen molar-refractivity contribution in [3.63, 3.8) is 0 Å². The summed E-state index contributed by atoms with van der Waals surface area (Å²) in [5.74, 6) is 0.952. The maximum atomic E-state index is 12.2. The van der Waals surface area contributed by atoms with Crippen LogP contribution in [-0.4, -0.2) is 42.8 Å². The predicted molar refractivity (Wildman–Crippen MR) is 78.2 cm³/mol. The van der Waals surface area contributed by atoms with Crippen LogP contribution in [-0.2, 0) is 4.74 Å². The number of carbonyl (C=O) groups is 1. The van der Waals surface area contributed by atoms with Gasteiger partial charge < -0.3 is 15.0 Å². The number of hydrogen-bond donors (Lipinski definition) is 1. The van der Waals surface area contributed by atoms with Crippen LogP contribution < -0.4 is 5.32 Å². The summed E-state index contributed by atoms with van der Waals surface area (Å²) >= 11 is 0. The number of amides is 1. The summed E-state index contributed by atoms with van der Waals surface area (Å²) < 4.78 is 5.49. The van der Waals surface area contributed by atoms with Crippen molar-refractivity contribution in [2.45, 2.75) is 59.1 Å². The van der Waals surface area contributed by atoms with Gasteiger partial charge in [-0.3, -0.25) is 0 Å². The molecule has 1 heterocycles. The zero-order chi connectivity index (χ0) is 14.6. The molecule has 0 aromatic heterocycles. The maximum absolute atomic E-state index is 12.2. The predicted octanol–water partition coefficient (Wildman–Crippen LogP) is 2.88. The van der Waals surface area contributed by atoms with Gasteiger partial charge in [-0.15, -0.1) is 0 Å². The van der Waals surface area contributed by atoms with Gasteiger partial charge in [0.1, 0.15) is 5.60 Å². The van der Waals surface area contributed by atoms with Crippen molar-refractivity contribution in [1.82, 2.24) is 10.2 Å². The molecule has 0 aliphatic carbocycles. The van der Waals surface area contributed by atoms with Crippen LogP contribution >= 0.6 is 0 Å². The van der Waals surface area contributed by atoms with Crippen LogP contribution in [0.3, 0.4) is 0 Å². The lowest BCUT2D eigenvalue weighted by molar-refractivity contribution is 0.00824. The lowest BCUT2D eigenvalue weighted by Crippen LogP contribution is -2.50. The van der Waals surface area contributed by atoms with E-state index >= 15 is 0 Å². The van der Waals surface area contributed by atoms with E-state index in [2.05, 4.69) is 19.2 Å². The maximum Gasteiger partial charge on any atom is 0.410 e. The largest absolute Gasteiger partial charge is 0.444 e. The Labute approximate surface area is 117 Å². The molecule has 0 aromatic carbocycles. The molecule has 1 N–H and O–H groups in total. The van der Waals surface area contributed by atoms with Crippen molar-refractivity contribution < 1.29 is 9.53 Å². The van der Waals surface area contributed by atoms with E-state index in [-0.39, 0.29) is 12.1 Å². The monoisotopic (exact) mass is 270 g/mol. The Morgan fingerprint density at radius 2 is 2.00 bits per heavy atom. The number of piperidine rings is 1. The summed E-state index contributed by atoms with van der Waals surface area (Å²) in [5, 5.41) is 3.43. The average molecular weight is 270 g/mol. The average Bonchev–Trinajstić information content (AvgIpc) is 2.27. The SMILES string of the molecule is CC(C)[C@H]([C@@H]1CCCNC1)N(C)C(=O)OC(C)(C)C. The minimum atomic E-state index is -0.433. The molecule has 0 spiro atoms. The van der Waals surface area contributed by atoms with E-state index < -0.39 is 5.60 Å². The Kier molecular flexibility index (Phi) is 5.65. The summed E-state index contributed by atoms with van der Waals surface area (Å²) in [6.07, 6.45) is 2.16. The molecule has 0 unspecified atom stereocenters. The zero-order valence-electron chi connectivity index (χ0n) is 13.3. The van der Waals surface area contributed by atoms with Crippen LogP contribution in [0.5, 0.6) is 0 Å². The first kappa shape index (κ1) is 16.3. The van der Waals surface area contributed by atoms with Crippen LogP contribution in [0.2, 0.25) is 0 Å². The Morgan fingerprint density at radius 1 is 1.37 bits per heavy atom. The number of ether oxygens (including phenoxy) is 1. The second-order valence-corrected chi connectivity index (χ2v) is 6.93. The van der Waals surface area contributed by atoms with Crippen molar-refractivity contribution in [3.05, 3.63) is 0 Å². The molecular weight excluding hydrogens is 240 g/mol. The van der Waals surface area contributed by atoms with Crippen molar-refractivity contribution >= 4 is 6.09 Å². The minimum Gasteiger partial charge on any atom is -0.444 e. The molecule has 19 heavy (non-hydrogen) atoms. The first-order valence-corrected chi connectivity index (χ1v) is 7.39. The van der Waals surface area contributed by atoms with E-state index in [0.717, 1.165) is 13.1 Å². The number of hydrogen-bond acceptors (Lipinski definition) is 3. The zero-order valence-corrected chi connectivity index (χ0v) is 13.3. The van der Waals surface area contributed by atoms with E-state index in [4.69, 9.17) is 4.74 Å². The van der Waals surface area contributed by atoms with Crippen molar-refractivity contribution in [3.8, 4) is 0 Å². The second-order valence-electron chi connectivity index (χ2n) is 6.93. The first-order valence-electron chi connectivity index (χ1n) is 7.39. The molecule has 1 amide bonds. The molecule has 0 saturated carbocycles. The van der Waals surface area contributed by atoms with Crippen LogP contribution in [0, 0.1) is 11.8 Å². The molecule has 2 atom stereocenters. The summed E-state index contributed by atoms with van der Waals surface area (Å²) in [7, 11) is 1.87. The minimum absolute atomic E-state index is 0.211. The fourth-order valence-electron chi connectivity index (χ4n) is 2.93. The summed E-state index contributed by atoms with van der Waals surface area (Å²) in [6.45, 7) is 12.2. The van der Waals surface area contributed by atoms with E-state index in [1.54, 1.807) is 4.90 Å². The lowest BCUT2D eigenvalue weighted by atomic mass is 9.84. The summed E-state index contributed by atoms with van der Waals surface area (Å²) in [5.41, 5.74) is -0.433. The van der Waals surface area contributed by atoms with Crippen LogP contribution in [0.4, 0.5) is 4.79 Å². The van der Waals surface area contributed by atoms with Crippen LogP contribution in [0.1, 0.15) is 47.5 Å². The van der Waals surface area contributed by atoms with Gasteiger partial charge in [-0.25, -0.2) is 4.79 Å². The number of carbonyl (C=O) groups excluding carboxylic acids is 1. The van der Waals surface area contributed by atoms with Gasteiger partial charge in [-0.05, 0) is 58.5 Å². The van der Waals surface area contributed by atoms with Crippen molar-refractivity contribution in [2.24, 2.45) is 11.8 Å².